The Morgan fingerprint density at radius 2 is 1.64 bits per heavy atom. The predicted octanol–water partition coefficient (Wildman–Crippen LogP) is -1.53. The van der Waals surface area contributed by atoms with Crippen LogP contribution in [0.2, 0.25) is 0 Å². The zero-order valence-electron chi connectivity index (χ0n) is 15.6. The van der Waals surface area contributed by atoms with E-state index in [0.717, 1.165) is 37.6 Å². The van der Waals surface area contributed by atoms with Gasteiger partial charge in [-0.05, 0) is 0 Å². The van der Waals surface area contributed by atoms with Gasteiger partial charge in [-0.15, -0.1) is 0 Å². The first-order valence-electron chi connectivity index (χ1n) is 8.15. The van der Waals surface area contributed by atoms with Crippen LogP contribution in [0.15, 0.2) is 21.9 Å². The highest BCUT2D eigenvalue weighted by Crippen LogP contribution is 2.15. The average molecular weight is 402 g/mol. The highest BCUT2D eigenvalue weighted by molar-refractivity contribution is 5.66. The van der Waals surface area contributed by atoms with E-state index in [4.69, 9.17) is 18.9 Å². The van der Waals surface area contributed by atoms with Gasteiger partial charge in [-0.2, -0.15) is 0 Å². The molecule has 0 aliphatic heterocycles. The van der Waals surface area contributed by atoms with Gasteiger partial charge in [-0.1, -0.05) is 0 Å². The smallest absolute Gasteiger partial charge is 0.330 e. The van der Waals surface area contributed by atoms with E-state index < -0.39 is 67.4 Å². The maximum absolute atomic E-state index is 12.1. The molecule has 28 heavy (non-hydrogen) atoms. The summed E-state index contributed by atoms with van der Waals surface area (Å²) in [7, 11) is 0. The van der Waals surface area contributed by atoms with Crippen molar-refractivity contribution in [2.75, 3.05) is 19.8 Å². The molecule has 1 aromatic rings. The Hall–Kier alpha value is -2.99. The van der Waals surface area contributed by atoms with E-state index >= 15 is 0 Å². The van der Waals surface area contributed by atoms with Crippen LogP contribution in [0.25, 0.3) is 0 Å². The number of esters is 3. The van der Waals surface area contributed by atoms with Gasteiger partial charge in [-0.25, -0.2) is 4.79 Å². The van der Waals surface area contributed by atoms with Crippen molar-refractivity contribution in [3.8, 4) is 0 Å². The molecule has 0 aliphatic rings. The summed E-state index contributed by atoms with van der Waals surface area (Å²) in [6.45, 7) is 1.83. The van der Waals surface area contributed by atoms with Crippen LogP contribution in [0.5, 0.6) is 0 Å². The van der Waals surface area contributed by atoms with Gasteiger partial charge >= 0.3 is 23.6 Å². The molecule has 156 valence electrons. The molecule has 0 unspecified atom stereocenters. The standard InChI is InChI=1S/C16H22N2O10/c1-9(20)25-7-13(12(6-19)27-11(3)22)28-15(8-26-10(2)21)18-5-4-14(23)17-16(18)24/h4-5,12-13,15,19H,6-8H2,1-3H3,(H,17,23,24)/t12-,13-,15-/m1/s1. The number of hydrogen-bond acceptors (Lipinski definition) is 10. The lowest BCUT2D eigenvalue weighted by molar-refractivity contribution is -0.186. The van der Waals surface area contributed by atoms with E-state index in [1.54, 1.807) is 0 Å². The number of aromatic amines is 1. The van der Waals surface area contributed by atoms with Crippen LogP contribution in [0.3, 0.4) is 0 Å². The molecule has 0 bridgehead atoms. The summed E-state index contributed by atoms with van der Waals surface area (Å²) in [6.07, 6.45) is -2.62. The van der Waals surface area contributed by atoms with Gasteiger partial charge in [0.15, 0.2) is 12.3 Å². The Kier molecular flexibility index (Phi) is 9.05. The van der Waals surface area contributed by atoms with E-state index in [9.17, 15) is 29.1 Å². The molecule has 0 aromatic carbocycles. The molecule has 0 radical (unpaired) electrons. The Morgan fingerprint density at radius 1 is 1.04 bits per heavy atom. The van der Waals surface area contributed by atoms with Crippen molar-refractivity contribution < 1.29 is 38.4 Å². The first kappa shape index (κ1) is 23.0. The van der Waals surface area contributed by atoms with Crippen molar-refractivity contribution in [3.63, 3.8) is 0 Å². The fraction of sp³-hybridized carbons (Fsp3) is 0.562. The zero-order valence-corrected chi connectivity index (χ0v) is 15.6. The van der Waals surface area contributed by atoms with Crippen molar-refractivity contribution in [1.29, 1.82) is 0 Å². The highest BCUT2D eigenvalue weighted by Gasteiger charge is 2.30. The number of rotatable bonds is 10. The summed E-state index contributed by atoms with van der Waals surface area (Å²) in [4.78, 5) is 58.9. The summed E-state index contributed by atoms with van der Waals surface area (Å²) in [6, 6.07) is 1.04. The predicted molar refractivity (Wildman–Crippen MR) is 91.1 cm³/mol. The summed E-state index contributed by atoms with van der Waals surface area (Å²) in [5, 5.41) is 9.50. The van der Waals surface area contributed by atoms with Crippen LogP contribution < -0.4 is 11.2 Å². The molecular formula is C16H22N2O10. The number of aliphatic hydroxyl groups is 1. The SMILES string of the molecule is CC(=O)OC[C@@H](O[C@H](COC(C)=O)n1ccc(=O)[nH]c1=O)[C@@H](CO)OC(C)=O. The topological polar surface area (TPSA) is 163 Å². The van der Waals surface area contributed by atoms with Crippen LogP contribution in [0.1, 0.15) is 27.0 Å². The van der Waals surface area contributed by atoms with E-state index in [2.05, 4.69) is 0 Å². The minimum absolute atomic E-state index is 0.428. The third-order valence-electron chi connectivity index (χ3n) is 3.29. The number of hydrogen-bond donors (Lipinski definition) is 2. The van der Waals surface area contributed by atoms with Gasteiger partial charge in [0.25, 0.3) is 5.56 Å². The Balaban J connectivity index is 3.19. The monoisotopic (exact) mass is 402 g/mol. The molecule has 3 atom stereocenters. The number of aliphatic hydroxyl groups excluding tert-OH is 1. The van der Waals surface area contributed by atoms with Gasteiger partial charge < -0.3 is 24.1 Å². The summed E-state index contributed by atoms with van der Waals surface area (Å²) in [5.74, 6) is -2.06. The van der Waals surface area contributed by atoms with Crippen LogP contribution in [0.4, 0.5) is 0 Å². The molecule has 12 nitrogen and oxygen atoms in total. The Bertz CT molecular complexity index is 799. The first-order chi connectivity index (χ1) is 13.1. The van der Waals surface area contributed by atoms with Gasteiger partial charge in [0.05, 0.1) is 6.61 Å². The van der Waals surface area contributed by atoms with Crippen molar-refractivity contribution in [1.82, 2.24) is 9.55 Å². The molecule has 1 rings (SSSR count). The first-order valence-corrected chi connectivity index (χ1v) is 8.15. The normalized spacial score (nSPS) is 13.9. The number of nitrogens with zero attached hydrogens (tertiary/aromatic N) is 1. The third kappa shape index (κ3) is 7.72. The molecule has 0 saturated heterocycles. The lowest BCUT2D eigenvalue weighted by Crippen LogP contribution is -2.44. The molecule has 12 heteroatoms. The minimum Gasteiger partial charge on any atom is -0.463 e. The Labute approximate surface area is 159 Å². The highest BCUT2D eigenvalue weighted by atomic mass is 16.6. The van der Waals surface area contributed by atoms with Gasteiger partial charge in [0.1, 0.15) is 19.3 Å². The number of ether oxygens (including phenoxy) is 4. The number of nitrogens with one attached hydrogen (secondary N) is 1. The fourth-order valence-electron chi connectivity index (χ4n) is 2.11. The van der Waals surface area contributed by atoms with E-state index in [-0.39, 0.29) is 0 Å². The van der Waals surface area contributed by atoms with E-state index in [1.165, 1.54) is 0 Å². The molecule has 0 aliphatic carbocycles. The van der Waals surface area contributed by atoms with E-state index in [1.807, 2.05) is 4.98 Å². The quantitative estimate of drug-likeness (QED) is 0.347. The fourth-order valence-corrected chi connectivity index (χ4v) is 2.11. The maximum atomic E-state index is 12.1. The van der Waals surface area contributed by atoms with Crippen molar-refractivity contribution in [2.45, 2.75) is 39.2 Å². The van der Waals surface area contributed by atoms with Gasteiger partial charge in [0.2, 0.25) is 0 Å². The van der Waals surface area contributed by atoms with Gasteiger partial charge in [-0.3, -0.25) is 28.7 Å². The second-order valence-corrected chi connectivity index (χ2v) is 5.58. The van der Waals surface area contributed by atoms with Crippen LogP contribution in [0, 0.1) is 0 Å². The molecule has 0 fully saturated rings. The van der Waals surface area contributed by atoms with Crippen LogP contribution in [-0.2, 0) is 33.3 Å². The second-order valence-electron chi connectivity index (χ2n) is 5.58. The van der Waals surface area contributed by atoms with Gasteiger partial charge in [0, 0.05) is 33.0 Å². The molecule has 2 N–H and O–H groups in total. The number of carbonyl (C=O) groups excluding carboxylic acids is 3. The minimum atomic E-state index is -1.28. The Morgan fingerprint density at radius 3 is 2.14 bits per heavy atom. The lowest BCUT2D eigenvalue weighted by Gasteiger charge is -2.29. The molecule has 0 saturated carbocycles. The maximum Gasteiger partial charge on any atom is 0.330 e. The summed E-state index contributed by atoms with van der Waals surface area (Å²) in [5.41, 5.74) is -1.51. The lowest BCUT2D eigenvalue weighted by atomic mass is 10.2. The average Bonchev–Trinajstić information content (AvgIpc) is 2.59. The molecular weight excluding hydrogens is 380 g/mol. The third-order valence-corrected chi connectivity index (χ3v) is 3.29. The molecule has 0 amide bonds. The van der Waals surface area contributed by atoms with Crippen molar-refractivity contribution >= 4 is 17.9 Å². The summed E-state index contributed by atoms with van der Waals surface area (Å²) < 4.78 is 21.3. The molecule has 1 heterocycles. The van der Waals surface area contributed by atoms with E-state index in [0.29, 0.717) is 0 Å². The number of aromatic nitrogens is 2. The van der Waals surface area contributed by atoms with Crippen LogP contribution in [-0.4, -0.2) is 64.6 Å². The number of carbonyl (C=O) groups is 3. The van der Waals surface area contributed by atoms with Crippen molar-refractivity contribution in [2.24, 2.45) is 0 Å². The summed E-state index contributed by atoms with van der Waals surface area (Å²) >= 11 is 0. The molecule has 1 aromatic heterocycles. The van der Waals surface area contributed by atoms with Crippen LogP contribution >= 0.6 is 0 Å². The largest absolute Gasteiger partial charge is 0.463 e. The number of H-pyrrole nitrogens is 1. The molecule has 0 spiro atoms. The van der Waals surface area contributed by atoms with Crippen molar-refractivity contribution in [3.05, 3.63) is 33.1 Å². The second kappa shape index (κ2) is 11.0. The zero-order chi connectivity index (χ0) is 21.3.